The summed E-state index contributed by atoms with van der Waals surface area (Å²) in [7, 11) is -3.72. The lowest BCUT2D eigenvalue weighted by Gasteiger charge is -2.17. The molecule has 0 fully saturated rings. The third-order valence-corrected chi connectivity index (χ3v) is 4.77. The molecule has 0 spiro atoms. The van der Waals surface area contributed by atoms with Gasteiger partial charge in [0.15, 0.2) is 9.84 Å². The van der Waals surface area contributed by atoms with Gasteiger partial charge in [-0.05, 0) is 31.2 Å². The summed E-state index contributed by atoms with van der Waals surface area (Å²) in [6, 6.07) is 11.1. The molecular weight excluding hydrogens is 368 g/mol. The second-order valence-corrected chi connectivity index (χ2v) is 7.81. The third-order valence-electron chi connectivity index (χ3n) is 3.33. The molecule has 0 radical (unpaired) electrons. The SMILES string of the molecule is CC(CNc1cccc(S(C)(=O)=O)c1[N+](=O)[O-])Oc1ccccc1Cl. The van der Waals surface area contributed by atoms with Crippen LogP contribution in [0.4, 0.5) is 11.4 Å². The molecule has 2 rings (SSSR count). The molecule has 134 valence electrons. The lowest BCUT2D eigenvalue weighted by atomic mass is 10.2. The maximum Gasteiger partial charge on any atom is 0.310 e. The molecule has 0 aromatic heterocycles. The number of rotatable bonds is 7. The standard InChI is InChI=1S/C16H17ClN2O5S/c1-11(24-14-8-4-3-6-12(14)17)10-18-13-7-5-9-15(25(2,22)23)16(13)19(20)21/h3-9,11,18H,10H2,1-2H3. The first-order chi connectivity index (χ1) is 11.7. The van der Waals surface area contributed by atoms with E-state index in [4.69, 9.17) is 16.3 Å². The van der Waals surface area contributed by atoms with Crippen molar-refractivity contribution < 1.29 is 18.1 Å². The fraction of sp³-hybridized carbons (Fsp3) is 0.250. The molecule has 7 nitrogen and oxygen atoms in total. The van der Waals surface area contributed by atoms with Crippen molar-refractivity contribution in [2.45, 2.75) is 17.9 Å². The van der Waals surface area contributed by atoms with Gasteiger partial charge in [0.05, 0.1) is 16.5 Å². The predicted octanol–water partition coefficient (Wildman–Crippen LogP) is 3.53. The van der Waals surface area contributed by atoms with Crippen molar-refractivity contribution >= 4 is 32.8 Å². The maximum atomic E-state index is 11.8. The topological polar surface area (TPSA) is 98.5 Å². The van der Waals surface area contributed by atoms with Gasteiger partial charge >= 0.3 is 5.69 Å². The Morgan fingerprint density at radius 2 is 1.92 bits per heavy atom. The summed E-state index contributed by atoms with van der Waals surface area (Å²) in [6.45, 7) is 1.99. The van der Waals surface area contributed by atoms with E-state index in [9.17, 15) is 18.5 Å². The number of nitrogens with zero attached hydrogens (tertiary/aromatic N) is 1. The van der Waals surface area contributed by atoms with Crippen LogP contribution in [0.5, 0.6) is 5.75 Å². The van der Waals surface area contributed by atoms with Crippen molar-refractivity contribution in [3.63, 3.8) is 0 Å². The van der Waals surface area contributed by atoms with Crippen molar-refractivity contribution in [2.24, 2.45) is 0 Å². The van der Waals surface area contributed by atoms with E-state index in [2.05, 4.69) is 5.32 Å². The summed E-state index contributed by atoms with van der Waals surface area (Å²) in [5.41, 5.74) is -0.363. The molecule has 0 saturated carbocycles. The molecule has 1 N–H and O–H groups in total. The van der Waals surface area contributed by atoms with Crippen LogP contribution in [0.2, 0.25) is 5.02 Å². The number of para-hydroxylation sites is 2. The highest BCUT2D eigenvalue weighted by Crippen LogP contribution is 2.32. The molecule has 9 heteroatoms. The molecule has 1 unspecified atom stereocenters. The van der Waals surface area contributed by atoms with E-state index in [1.165, 1.54) is 18.2 Å². The number of nitro benzene ring substituents is 1. The summed E-state index contributed by atoms with van der Waals surface area (Å²) in [5, 5.41) is 14.7. The molecule has 0 heterocycles. The van der Waals surface area contributed by atoms with Gasteiger partial charge in [-0.3, -0.25) is 10.1 Å². The smallest absolute Gasteiger partial charge is 0.310 e. The largest absolute Gasteiger partial charge is 0.487 e. The van der Waals surface area contributed by atoms with Gasteiger partial charge in [-0.15, -0.1) is 0 Å². The van der Waals surface area contributed by atoms with Crippen molar-refractivity contribution in [3.8, 4) is 5.75 Å². The van der Waals surface area contributed by atoms with Gasteiger partial charge in [0.25, 0.3) is 0 Å². The van der Waals surface area contributed by atoms with E-state index >= 15 is 0 Å². The van der Waals surface area contributed by atoms with Crippen molar-refractivity contribution in [1.82, 2.24) is 0 Å². The number of nitro groups is 1. The number of nitrogens with one attached hydrogen (secondary N) is 1. The minimum atomic E-state index is -3.72. The van der Waals surface area contributed by atoms with Crippen LogP contribution >= 0.6 is 11.6 Å². The maximum absolute atomic E-state index is 11.8. The summed E-state index contributed by atoms with van der Waals surface area (Å²) in [4.78, 5) is 10.3. The van der Waals surface area contributed by atoms with Crippen molar-refractivity contribution in [3.05, 3.63) is 57.6 Å². The Hall–Kier alpha value is -2.32. The first-order valence-corrected chi connectivity index (χ1v) is 9.59. The van der Waals surface area contributed by atoms with E-state index in [0.717, 1.165) is 6.26 Å². The molecule has 0 aliphatic heterocycles. The van der Waals surface area contributed by atoms with E-state index in [1.54, 1.807) is 31.2 Å². The van der Waals surface area contributed by atoms with Crippen LogP contribution in [0.25, 0.3) is 0 Å². The minimum absolute atomic E-state index is 0.113. The number of halogens is 1. The Balaban J connectivity index is 2.18. The van der Waals surface area contributed by atoms with Crippen LogP contribution in [-0.4, -0.2) is 32.2 Å². The first-order valence-electron chi connectivity index (χ1n) is 7.32. The van der Waals surface area contributed by atoms with Gasteiger partial charge in [-0.1, -0.05) is 29.8 Å². The number of anilines is 1. The molecule has 25 heavy (non-hydrogen) atoms. The van der Waals surface area contributed by atoms with Gasteiger partial charge in [-0.25, -0.2) is 8.42 Å². The molecular formula is C16H17ClN2O5S. The highest BCUT2D eigenvalue weighted by Gasteiger charge is 2.26. The average Bonchev–Trinajstić information content (AvgIpc) is 2.53. The van der Waals surface area contributed by atoms with Gasteiger partial charge in [0, 0.05) is 6.26 Å². The molecule has 0 saturated heterocycles. The van der Waals surface area contributed by atoms with Gasteiger partial charge in [-0.2, -0.15) is 0 Å². The monoisotopic (exact) mass is 384 g/mol. The number of ether oxygens (including phenoxy) is 1. The third kappa shape index (κ3) is 4.83. The first kappa shape index (κ1) is 19.0. The number of benzene rings is 2. The Kier molecular flexibility index (Phi) is 5.86. The summed E-state index contributed by atoms with van der Waals surface area (Å²) >= 11 is 6.02. The Morgan fingerprint density at radius 3 is 2.52 bits per heavy atom. The van der Waals surface area contributed by atoms with Crippen LogP contribution in [-0.2, 0) is 9.84 Å². The molecule has 0 aliphatic rings. The van der Waals surface area contributed by atoms with E-state index in [0.29, 0.717) is 10.8 Å². The zero-order valence-electron chi connectivity index (χ0n) is 13.6. The molecule has 2 aromatic carbocycles. The van der Waals surface area contributed by atoms with Crippen LogP contribution < -0.4 is 10.1 Å². The summed E-state index contributed by atoms with van der Waals surface area (Å²) in [5.74, 6) is 0.498. The average molecular weight is 385 g/mol. The number of sulfone groups is 1. The van der Waals surface area contributed by atoms with Crippen LogP contribution in [0.1, 0.15) is 6.92 Å². The van der Waals surface area contributed by atoms with Gasteiger partial charge in [0.2, 0.25) is 0 Å². The highest BCUT2D eigenvalue weighted by atomic mass is 35.5. The zero-order valence-corrected chi connectivity index (χ0v) is 15.2. The predicted molar refractivity (Wildman–Crippen MR) is 96.2 cm³/mol. The fourth-order valence-electron chi connectivity index (χ4n) is 2.20. The Labute approximate surface area is 150 Å². The zero-order chi connectivity index (χ0) is 18.6. The molecule has 0 bridgehead atoms. The summed E-state index contributed by atoms with van der Waals surface area (Å²) in [6.07, 6.45) is 0.573. The molecule has 0 aliphatic carbocycles. The normalized spacial score (nSPS) is 12.4. The van der Waals surface area contributed by atoms with Gasteiger partial charge < -0.3 is 10.1 Å². The van der Waals surface area contributed by atoms with Crippen molar-refractivity contribution in [2.75, 3.05) is 18.1 Å². The van der Waals surface area contributed by atoms with E-state index in [-0.39, 0.29) is 23.2 Å². The second kappa shape index (κ2) is 7.71. The van der Waals surface area contributed by atoms with Crippen LogP contribution in [0, 0.1) is 10.1 Å². The number of hydrogen-bond acceptors (Lipinski definition) is 6. The fourth-order valence-corrected chi connectivity index (χ4v) is 3.25. The molecule has 2 aromatic rings. The second-order valence-electron chi connectivity index (χ2n) is 5.42. The van der Waals surface area contributed by atoms with Crippen LogP contribution in [0.15, 0.2) is 47.4 Å². The minimum Gasteiger partial charge on any atom is -0.487 e. The Morgan fingerprint density at radius 1 is 1.24 bits per heavy atom. The lowest BCUT2D eigenvalue weighted by Crippen LogP contribution is -2.23. The van der Waals surface area contributed by atoms with Crippen LogP contribution in [0.3, 0.4) is 0 Å². The van der Waals surface area contributed by atoms with E-state index in [1.807, 2.05) is 0 Å². The lowest BCUT2D eigenvalue weighted by molar-refractivity contribution is -0.386. The molecule has 0 amide bonds. The quantitative estimate of drug-likeness (QED) is 0.579. The van der Waals surface area contributed by atoms with E-state index < -0.39 is 20.4 Å². The highest BCUT2D eigenvalue weighted by molar-refractivity contribution is 7.90. The number of hydrogen-bond donors (Lipinski definition) is 1. The van der Waals surface area contributed by atoms with Gasteiger partial charge in [0.1, 0.15) is 22.4 Å². The Bertz CT molecular complexity index is 886. The summed E-state index contributed by atoms with van der Waals surface area (Å²) < 4.78 is 29.2. The van der Waals surface area contributed by atoms with Crippen molar-refractivity contribution in [1.29, 1.82) is 0 Å². The molecule has 1 atom stereocenters.